The molecular weight excluding hydrogens is 354 g/mol. The van der Waals surface area contributed by atoms with Gasteiger partial charge in [-0.15, -0.1) is 0 Å². The Balaban J connectivity index is 1.81. The van der Waals surface area contributed by atoms with E-state index >= 15 is 0 Å². The van der Waals surface area contributed by atoms with Crippen molar-refractivity contribution >= 4 is 29.2 Å². The van der Waals surface area contributed by atoms with E-state index in [-0.39, 0.29) is 13.2 Å². The van der Waals surface area contributed by atoms with Gasteiger partial charge in [-0.3, -0.25) is 4.79 Å². The molecule has 1 heterocycles. The summed E-state index contributed by atoms with van der Waals surface area (Å²) >= 11 is 5.91. The third kappa shape index (κ3) is 5.49. The van der Waals surface area contributed by atoms with Gasteiger partial charge in [0.05, 0.1) is 15.9 Å². The first-order valence-corrected chi connectivity index (χ1v) is 7.36. The van der Waals surface area contributed by atoms with E-state index in [1.165, 1.54) is 0 Å². The number of carbonyl (C=O) groups excluding carboxylic acids is 1. The van der Waals surface area contributed by atoms with Crippen molar-refractivity contribution in [1.82, 2.24) is 25.6 Å². The van der Waals surface area contributed by atoms with Crippen molar-refractivity contribution in [2.75, 3.05) is 6.61 Å². The molecule has 11 nitrogen and oxygen atoms in total. The van der Waals surface area contributed by atoms with Crippen molar-refractivity contribution in [3.05, 3.63) is 38.9 Å². The smallest absolute Gasteiger partial charge is 0.484 e. The number of aryl methyl sites for hydroxylation is 1. The number of halogens is 1. The highest BCUT2D eigenvalue weighted by Gasteiger charge is 2.15. The standard InChI is InChI=1S/C13H14ClN7O4/c1-8-5-10(3-4-11(8)14)25-7-12(22)16-15-9(2)6-20-18-13(17-19-20)21(23)24/h3-5H,6-7H2,1-2H3,(H,16,22). The van der Waals surface area contributed by atoms with E-state index in [2.05, 4.69) is 25.9 Å². The lowest BCUT2D eigenvalue weighted by Crippen LogP contribution is -2.26. The molecule has 1 N–H and O–H groups in total. The number of rotatable bonds is 7. The summed E-state index contributed by atoms with van der Waals surface area (Å²) in [6, 6.07) is 5.05. The molecular formula is C13H14ClN7O4. The summed E-state index contributed by atoms with van der Waals surface area (Å²) in [5.41, 5.74) is 3.56. The van der Waals surface area contributed by atoms with Crippen molar-refractivity contribution in [3.63, 3.8) is 0 Å². The number of hydrogen-bond acceptors (Lipinski definition) is 8. The van der Waals surface area contributed by atoms with Crippen LogP contribution in [0.5, 0.6) is 5.75 Å². The van der Waals surface area contributed by atoms with Crippen molar-refractivity contribution in [1.29, 1.82) is 0 Å². The number of nitrogens with zero attached hydrogens (tertiary/aromatic N) is 6. The van der Waals surface area contributed by atoms with E-state index in [4.69, 9.17) is 16.3 Å². The number of hydrogen-bond donors (Lipinski definition) is 1. The Kier molecular flexibility index (Phi) is 5.95. The van der Waals surface area contributed by atoms with Crippen molar-refractivity contribution in [3.8, 4) is 5.75 Å². The van der Waals surface area contributed by atoms with Gasteiger partial charge in [-0.25, -0.2) is 5.43 Å². The zero-order chi connectivity index (χ0) is 18.4. The van der Waals surface area contributed by atoms with Crippen LogP contribution in [-0.4, -0.2) is 43.4 Å². The minimum absolute atomic E-state index is 0.0400. The summed E-state index contributed by atoms with van der Waals surface area (Å²) in [7, 11) is 0. The van der Waals surface area contributed by atoms with Crippen LogP contribution < -0.4 is 10.2 Å². The van der Waals surface area contributed by atoms with Gasteiger partial charge < -0.3 is 14.9 Å². The molecule has 25 heavy (non-hydrogen) atoms. The number of nitrogens with one attached hydrogen (secondary N) is 1. The van der Waals surface area contributed by atoms with E-state index in [1.807, 2.05) is 6.92 Å². The summed E-state index contributed by atoms with van der Waals surface area (Å²) in [5, 5.41) is 25.2. The predicted molar refractivity (Wildman–Crippen MR) is 87.4 cm³/mol. The highest BCUT2D eigenvalue weighted by atomic mass is 35.5. The minimum Gasteiger partial charge on any atom is -0.484 e. The van der Waals surface area contributed by atoms with Gasteiger partial charge in [0.1, 0.15) is 12.3 Å². The molecule has 1 aromatic heterocycles. The number of nitro groups is 1. The van der Waals surface area contributed by atoms with E-state index in [1.54, 1.807) is 25.1 Å². The Morgan fingerprint density at radius 2 is 2.28 bits per heavy atom. The molecule has 0 bridgehead atoms. The van der Waals surface area contributed by atoms with Gasteiger partial charge in [-0.1, -0.05) is 16.4 Å². The van der Waals surface area contributed by atoms with E-state index in [9.17, 15) is 14.9 Å². The fourth-order valence-corrected chi connectivity index (χ4v) is 1.78. The van der Waals surface area contributed by atoms with Crippen LogP contribution in [0.25, 0.3) is 0 Å². The van der Waals surface area contributed by atoms with E-state index in [0.29, 0.717) is 16.5 Å². The van der Waals surface area contributed by atoms with E-state index < -0.39 is 16.8 Å². The van der Waals surface area contributed by atoms with Crippen LogP contribution in [-0.2, 0) is 11.3 Å². The average molecular weight is 368 g/mol. The Morgan fingerprint density at radius 3 is 2.92 bits per heavy atom. The van der Waals surface area contributed by atoms with Gasteiger partial charge in [-0.05, 0) is 42.5 Å². The lowest BCUT2D eigenvalue weighted by molar-refractivity contribution is -0.394. The lowest BCUT2D eigenvalue weighted by Gasteiger charge is -2.07. The molecule has 2 aromatic rings. The normalized spacial score (nSPS) is 11.2. The lowest BCUT2D eigenvalue weighted by atomic mass is 10.2. The SMILES string of the molecule is CC(Cn1nnc([N+](=O)[O-])n1)=NNC(=O)COc1ccc(Cl)c(C)c1. The molecule has 0 saturated carbocycles. The topological polar surface area (TPSA) is 137 Å². The maximum absolute atomic E-state index is 11.7. The Morgan fingerprint density at radius 1 is 1.52 bits per heavy atom. The second kappa shape index (κ2) is 8.15. The molecule has 0 fully saturated rings. The first-order chi connectivity index (χ1) is 11.8. The molecule has 132 valence electrons. The Hall–Kier alpha value is -3.08. The average Bonchev–Trinajstić information content (AvgIpc) is 3.03. The van der Waals surface area contributed by atoms with Crippen molar-refractivity contribution in [2.24, 2.45) is 5.10 Å². The number of carbonyl (C=O) groups is 1. The Labute approximate surface area is 146 Å². The monoisotopic (exact) mass is 367 g/mol. The number of aromatic nitrogens is 4. The number of tetrazole rings is 1. The van der Waals surface area contributed by atoms with Gasteiger partial charge in [0, 0.05) is 10.2 Å². The van der Waals surface area contributed by atoms with Crippen LogP contribution in [0.15, 0.2) is 23.3 Å². The largest absolute Gasteiger partial charge is 0.514 e. The van der Waals surface area contributed by atoms with Gasteiger partial charge in [0.15, 0.2) is 6.61 Å². The molecule has 0 unspecified atom stereocenters. The van der Waals surface area contributed by atoms with Crippen molar-refractivity contribution in [2.45, 2.75) is 20.4 Å². The van der Waals surface area contributed by atoms with Gasteiger partial charge in [0.25, 0.3) is 5.91 Å². The van der Waals surface area contributed by atoms with Crippen LogP contribution in [0.3, 0.4) is 0 Å². The molecule has 0 aliphatic carbocycles. The zero-order valence-electron chi connectivity index (χ0n) is 13.3. The molecule has 1 aromatic carbocycles. The molecule has 1 amide bonds. The molecule has 0 aliphatic heterocycles. The quantitative estimate of drug-likeness (QED) is 0.439. The molecule has 12 heteroatoms. The predicted octanol–water partition coefficient (Wildman–Crippen LogP) is 1.11. The number of ether oxygens (including phenoxy) is 1. The first-order valence-electron chi connectivity index (χ1n) is 6.98. The molecule has 0 saturated heterocycles. The molecule has 0 spiro atoms. The molecule has 0 atom stereocenters. The summed E-state index contributed by atoms with van der Waals surface area (Å²) in [4.78, 5) is 22.4. The van der Waals surface area contributed by atoms with Gasteiger partial charge in [0.2, 0.25) is 0 Å². The van der Waals surface area contributed by atoms with E-state index in [0.717, 1.165) is 10.4 Å². The van der Waals surface area contributed by atoms with Crippen LogP contribution in [0, 0.1) is 17.0 Å². The first kappa shape index (κ1) is 18.3. The maximum Gasteiger partial charge on any atom is 0.514 e. The number of hydrazone groups is 1. The summed E-state index contributed by atoms with van der Waals surface area (Å²) in [6.45, 7) is 3.23. The zero-order valence-corrected chi connectivity index (χ0v) is 14.1. The van der Waals surface area contributed by atoms with Crippen LogP contribution in [0.1, 0.15) is 12.5 Å². The fourth-order valence-electron chi connectivity index (χ4n) is 1.66. The second-order valence-electron chi connectivity index (χ2n) is 4.96. The molecule has 2 rings (SSSR count). The molecule has 0 radical (unpaired) electrons. The Bertz CT molecular complexity index is 820. The summed E-state index contributed by atoms with van der Waals surface area (Å²) in [5.74, 6) is -0.565. The minimum atomic E-state index is -0.756. The molecule has 0 aliphatic rings. The highest BCUT2D eigenvalue weighted by molar-refractivity contribution is 6.31. The number of amides is 1. The fraction of sp³-hybridized carbons (Fsp3) is 0.308. The van der Waals surface area contributed by atoms with Crippen LogP contribution >= 0.6 is 11.6 Å². The van der Waals surface area contributed by atoms with Gasteiger partial charge >= 0.3 is 5.95 Å². The third-order valence-corrected chi connectivity index (χ3v) is 3.27. The summed E-state index contributed by atoms with van der Waals surface area (Å²) in [6.07, 6.45) is 0. The van der Waals surface area contributed by atoms with Crippen LogP contribution in [0.4, 0.5) is 5.95 Å². The number of benzene rings is 1. The third-order valence-electron chi connectivity index (χ3n) is 2.85. The highest BCUT2D eigenvalue weighted by Crippen LogP contribution is 2.20. The van der Waals surface area contributed by atoms with Gasteiger partial charge in [-0.2, -0.15) is 5.10 Å². The summed E-state index contributed by atoms with van der Waals surface area (Å²) < 4.78 is 5.33. The second-order valence-corrected chi connectivity index (χ2v) is 5.37. The van der Waals surface area contributed by atoms with Crippen molar-refractivity contribution < 1.29 is 14.5 Å². The maximum atomic E-state index is 11.7. The van der Waals surface area contributed by atoms with Crippen LogP contribution in [0.2, 0.25) is 5.02 Å².